The average Bonchev–Trinajstić information content (AvgIpc) is 2.85. The second kappa shape index (κ2) is 5.69. The standard InChI is InChI=1S/C16H12ClIN2O/c1-9-2-4-10(5-3-9)14-15(20-21-16(14)19)11-6-7-13(18)12(17)8-11/h2-8H,19H2,1H3. The Balaban J connectivity index is 2.16. The minimum Gasteiger partial charge on any atom is -0.367 e. The van der Waals surface area contributed by atoms with Gasteiger partial charge in [0.05, 0.1) is 10.6 Å². The highest BCUT2D eigenvalue weighted by molar-refractivity contribution is 14.1. The van der Waals surface area contributed by atoms with Crippen LogP contribution >= 0.6 is 34.2 Å². The Kier molecular flexibility index (Phi) is 3.91. The van der Waals surface area contributed by atoms with Gasteiger partial charge in [-0.15, -0.1) is 0 Å². The Morgan fingerprint density at radius 2 is 1.76 bits per heavy atom. The van der Waals surface area contributed by atoms with E-state index in [1.54, 1.807) is 0 Å². The first kappa shape index (κ1) is 14.4. The smallest absolute Gasteiger partial charge is 0.230 e. The number of rotatable bonds is 2. The van der Waals surface area contributed by atoms with Crippen LogP contribution in [-0.2, 0) is 0 Å². The summed E-state index contributed by atoms with van der Waals surface area (Å²) in [6.45, 7) is 2.04. The fraction of sp³-hybridized carbons (Fsp3) is 0.0625. The summed E-state index contributed by atoms with van der Waals surface area (Å²) < 4.78 is 6.18. The molecule has 0 radical (unpaired) electrons. The number of benzene rings is 2. The lowest BCUT2D eigenvalue weighted by Gasteiger charge is -2.05. The van der Waals surface area contributed by atoms with Crippen LogP contribution in [0.4, 0.5) is 5.88 Å². The molecule has 1 heterocycles. The molecule has 1 aromatic heterocycles. The Morgan fingerprint density at radius 1 is 1.10 bits per heavy atom. The van der Waals surface area contributed by atoms with E-state index in [1.165, 1.54) is 5.56 Å². The molecule has 0 aliphatic rings. The Morgan fingerprint density at radius 3 is 2.43 bits per heavy atom. The van der Waals surface area contributed by atoms with Crippen LogP contribution < -0.4 is 5.73 Å². The molecule has 2 N–H and O–H groups in total. The second-order valence-corrected chi connectivity index (χ2v) is 6.33. The zero-order chi connectivity index (χ0) is 15.0. The van der Waals surface area contributed by atoms with Crippen molar-refractivity contribution in [3.05, 3.63) is 56.6 Å². The summed E-state index contributed by atoms with van der Waals surface area (Å²) in [5.74, 6) is 0.309. The molecule has 0 aliphatic carbocycles. The summed E-state index contributed by atoms with van der Waals surface area (Å²) in [5.41, 5.74) is 10.5. The van der Waals surface area contributed by atoms with E-state index >= 15 is 0 Å². The number of nitrogens with two attached hydrogens (primary N) is 1. The first-order chi connectivity index (χ1) is 10.1. The Labute approximate surface area is 141 Å². The topological polar surface area (TPSA) is 52.0 Å². The fourth-order valence-corrected chi connectivity index (χ4v) is 2.66. The van der Waals surface area contributed by atoms with Gasteiger partial charge in [-0.1, -0.05) is 52.7 Å². The van der Waals surface area contributed by atoms with Crippen LogP contribution in [0.2, 0.25) is 5.02 Å². The van der Waals surface area contributed by atoms with E-state index in [2.05, 4.69) is 27.7 Å². The second-order valence-electron chi connectivity index (χ2n) is 4.77. The van der Waals surface area contributed by atoms with Gasteiger partial charge < -0.3 is 10.3 Å². The van der Waals surface area contributed by atoms with Crippen LogP contribution in [0.25, 0.3) is 22.4 Å². The van der Waals surface area contributed by atoms with Crippen LogP contribution in [0, 0.1) is 10.5 Å². The number of nitrogen functional groups attached to an aromatic ring is 1. The summed E-state index contributed by atoms with van der Waals surface area (Å²) in [4.78, 5) is 0. The highest BCUT2D eigenvalue weighted by Gasteiger charge is 2.17. The quantitative estimate of drug-likeness (QED) is 0.594. The van der Waals surface area contributed by atoms with Gasteiger partial charge in [-0.25, -0.2) is 0 Å². The van der Waals surface area contributed by atoms with Crippen LogP contribution in [0.15, 0.2) is 47.0 Å². The third-order valence-electron chi connectivity index (χ3n) is 3.25. The van der Waals surface area contributed by atoms with Gasteiger partial charge in [0, 0.05) is 9.13 Å². The molecule has 3 aromatic rings. The molecule has 5 heteroatoms. The number of halogens is 2. The van der Waals surface area contributed by atoms with Crippen molar-refractivity contribution < 1.29 is 4.52 Å². The molecule has 3 rings (SSSR count). The monoisotopic (exact) mass is 410 g/mol. The van der Waals surface area contributed by atoms with E-state index in [4.69, 9.17) is 21.9 Å². The number of nitrogens with zero attached hydrogens (tertiary/aromatic N) is 1. The van der Waals surface area contributed by atoms with Crippen molar-refractivity contribution in [3.63, 3.8) is 0 Å². The summed E-state index contributed by atoms with van der Waals surface area (Å²) in [6.07, 6.45) is 0. The van der Waals surface area contributed by atoms with Gasteiger partial charge in [0.1, 0.15) is 5.69 Å². The molecular formula is C16H12ClIN2O. The molecule has 21 heavy (non-hydrogen) atoms. The number of aryl methyl sites for hydroxylation is 1. The lowest BCUT2D eigenvalue weighted by Crippen LogP contribution is -1.88. The van der Waals surface area contributed by atoms with Gasteiger partial charge in [-0.3, -0.25) is 0 Å². The van der Waals surface area contributed by atoms with E-state index < -0.39 is 0 Å². The fourth-order valence-electron chi connectivity index (χ4n) is 2.14. The average molecular weight is 411 g/mol. The number of hydrogen-bond acceptors (Lipinski definition) is 3. The SMILES string of the molecule is Cc1ccc(-c2c(-c3ccc(I)c(Cl)c3)noc2N)cc1. The van der Waals surface area contributed by atoms with E-state index in [-0.39, 0.29) is 0 Å². The molecule has 0 aliphatic heterocycles. The van der Waals surface area contributed by atoms with Crippen molar-refractivity contribution in [1.82, 2.24) is 5.16 Å². The van der Waals surface area contributed by atoms with Gasteiger partial charge in [0.25, 0.3) is 0 Å². The van der Waals surface area contributed by atoms with Crippen molar-refractivity contribution in [2.24, 2.45) is 0 Å². The summed E-state index contributed by atoms with van der Waals surface area (Å²) >= 11 is 8.38. The lowest BCUT2D eigenvalue weighted by atomic mass is 10.0. The maximum Gasteiger partial charge on any atom is 0.230 e. The first-order valence-corrected chi connectivity index (χ1v) is 7.79. The predicted molar refractivity (Wildman–Crippen MR) is 94.3 cm³/mol. The van der Waals surface area contributed by atoms with Crippen molar-refractivity contribution in [3.8, 4) is 22.4 Å². The lowest BCUT2D eigenvalue weighted by molar-refractivity contribution is 0.439. The molecule has 0 amide bonds. The maximum atomic E-state index is 6.19. The van der Waals surface area contributed by atoms with E-state index in [0.29, 0.717) is 16.6 Å². The Hall–Kier alpha value is -1.53. The molecule has 106 valence electrons. The summed E-state index contributed by atoms with van der Waals surface area (Å²) in [7, 11) is 0. The Bertz CT molecular complexity index is 797. The molecule has 0 unspecified atom stereocenters. The highest BCUT2D eigenvalue weighted by Crippen LogP contribution is 2.37. The van der Waals surface area contributed by atoms with Crippen molar-refractivity contribution in [2.75, 3.05) is 5.73 Å². The molecule has 0 bridgehead atoms. The van der Waals surface area contributed by atoms with Gasteiger partial charge in [0.2, 0.25) is 5.88 Å². The third-order valence-corrected chi connectivity index (χ3v) is 4.82. The molecular weight excluding hydrogens is 399 g/mol. The van der Waals surface area contributed by atoms with Gasteiger partial charge >= 0.3 is 0 Å². The summed E-state index contributed by atoms with van der Waals surface area (Å²) in [6, 6.07) is 13.9. The number of anilines is 1. The van der Waals surface area contributed by atoms with Crippen molar-refractivity contribution >= 4 is 40.1 Å². The largest absolute Gasteiger partial charge is 0.367 e. The van der Waals surface area contributed by atoms with E-state index in [9.17, 15) is 0 Å². The predicted octanol–water partition coefficient (Wildman–Crippen LogP) is 5.16. The maximum absolute atomic E-state index is 6.19. The molecule has 0 fully saturated rings. The van der Waals surface area contributed by atoms with Gasteiger partial charge in [-0.05, 0) is 47.2 Å². The normalized spacial score (nSPS) is 10.8. The van der Waals surface area contributed by atoms with Gasteiger partial charge in [-0.2, -0.15) is 0 Å². The third kappa shape index (κ3) is 2.78. The van der Waals surface area contributed by atoms with Crippen molar-refractivity contribution in [1.29, 1.82) is 0 Å². The number of aromatic nitrogens is 1. The van der Waals surface area contributed by atoms with E-state index in [0.717, 1.165) is 20.3 Å². The van der Waals surface area contributed by atoms with Crippen LogP contribution in [0.5, 0.6) is 0 Å². The molecule has 0 saturated heterocycles. The minimum absolute atomic E-state index is 0.309. The molecule has 0 atom stereocenters. The van der Waals surface area contributed by atoms with Crippen LogP contribution in [0.3, 0.4) is 0 Å². The van der Waals surface area contributed by atoms with Gasteiger partial charge in [0.15, 0.2) is 0 Å². The molecule has 2 aromatic carbocycles. The van der Waals surface area contributed by atoms with Crippen LogP contribution in [-0.4, -0.2) is 5.16 Å². The highest BCUT2D eigenvalue weighted by atomic mass is 127. The van der Waals surface area contributed by atoms with Crippen LogP contribution in [0.1, 0.15) is 5.56 Å². The summed E-state index contributed by atoms with van der Waals surface area (Å²) in [5, 5.41) is 4.78. The number of hydrogen-bond donors (Lipinski definition) is 1. The molecule has 3 nitrogen and oxygen atoms in total. The zero-order valence-electron chi connectivity index (χ0n) is 11.2. The van der Waals surface area contributed by atoms with Crippen molar-refractivity contribution in [2.45, 2.75) is 6.92 Å². The molecule has 0 saturated carbocycles. The zero-order valence-corrected chi connectivity index (χ0v) is 14.1. The minimum atomic E-state index is 0.309. The first-order valence-electron chi connectivity index (χ1n) is 6.34. The molecule has 0 spiro atoms. The van der Waals surface area contributed by atoms with E-state index in [1.807, 2.05) is 49.4 Å².